The zero-order valence-corrected chi connectivity index (χ0v) is 14.5. The smallest absolute Gasteiger partial charge is 0.348 e. The summed E-state index contributed by atoms with van der Waals surface area (Å²) in [6, 6.07) is 0.562. The number of thiophene rings is 1. The van der Waals surface area contributed by atoms with Crippen molar-refractivity contribution < 1.29 is 9.53 Å². The van der Waals surface area contributed by atoms with E-state index in [-0.39, 0.29) is 5.56 Å². The summed E-state index contributed by atoms with van der Waals surface area (Å²) in [7, 11) is 3.41. The minimum absolute atomic E-state index is 0.186. The van der Waals surface area contributed by atoms with Crippen LogP contribution in [-0.4, -0.2) is 41.0 Å². The molecule has 0 unspecified atom stereocenters. The second-order valence-electron chi connectivity index (χ2n) is 6.09. The summed E-state index contributed by atoms with van der Waals surface area (Å²) in [5.41, 5.74) is 0.454. The number of esters is 1. The lowest BCUT2D eigenvalue weighted by Crippen LogP contribution is -2.30. The van der Waals surface area contributed by atoms with Crippen molar-refractivity contribution in [3.8, 4) is 0 Å². The first-order valence-corrected chi connectivity index (χ1v) is 8.63. The van der Waals surface area contributed by atoms with Crippen LogP contribution in [0.15, 0.2) is 4.79 Å². The number of rotatable bonds is 4. The van der Waals surface area contributed by atoms with Crippen molar-refractivity contribution in [3.63, 3.8) is 0 Å². The molecule has 0 amide bonds. The summed E-state index contributed by atoms with van der Waals surface area (Å²) in [5, 5.41) is 0.489. The molecule has 3 rings (SSSR count). The van der Waals surface area contributed by atoms with E-state index in [9.17, 15) is 9.59 Å². The fraction of sp³-hybridized carbons (Fsp3) is 0.562. The Morgan fingerprint density at radius 3 is 2.78 bits per heavy atom. The number of aromatic nitrogens is 2. The SMILES string of the molecule is COC(=O)c1sc2nc(CN(C)C3CCCC3)[nH]c(=O)c2c1C. The first kappa shape index (κ1) is 16.1. The minimum Gasteiger partial charge on any atom is -0.465 e. The van der Waals surface area contributed by atoms with Crippen molar-refractivity contribution in [2.45, 2.75) is 45.2 Å². The molecule has 2 heterocycles. The summed E-state index contributed by atoms with van der Waals surface area (Å²) in [5.74, 6) is 0.226. The largest absolute Gasteiger partial charge is 0.465 e. The van der Waals surface area contributed by atoms with Gasteiger partial charge >= 0.3 is 5.97 Å². The van der Waals surface area contributed by atoms with Gasteiger partial charge in [-0.3, -0.25) is 9.69 Å². The maximum atomic E-state index is 12.4. The van der Waals surface area contributed by atoms with Crippen LogP contribution < -0.4 is 5.56 Å². The average Bonchev–Trinajstić information content (AvgIpc) is 3.15. The van der Waals surface area contributed by atoms with Gasteiger partial charge in [-0.25, -0.2) is 9.78 Å². The molecule has 1 saturated carbocycles. The molecule has 1 fully saturated rings. The van der Waals surface area contributed by atoms with Crippen LogP contribution in [0.3, 0.4) is 0 Å². The summed E-state index contributed by atoms with van der Waals surface area (Å²) >= 11 is 1.22. The van der Waals surface area contributed by atoms with E-state index in [1.54, 1.807) is 6.92 Å². The van der Waals surface area contributed by atoms with E-state index in [4.69, 9.17) is 4.74 Å². The fourth-order valence-corrected chi connectivity index (χ4v) is 4.38. The Kier molecular flexibility index (Phi) is 4.50. The van der Waals surface area contributed by atoms with Gasteiger partial charge in [0.1, 0.15) is 15.5 Å². The van der Waals surface area contributed by atoms with E-state index in [0.717, 1.165) is 0 Å². The number of hydrogen-bond acceptors (Lipinski definition) is 6. The van der Waals surface area contributed by atoms with Crippen LogP contribution in [0.2, 0.25) is 0 Å². The third-order valence-electron chi connectivity index (χ3n) is 4.57. The van der Waals surface area contributed by atoms with Gasteiger partial charge in [0.05, 0.1) is 19.0 Å². The number of H-pyrrole nitrogens is 1. The Morgan fingerprint density at radius 1 is 1.43 bits per heavy atom. The molecule has 0 saturated heterocycles. The van der Waals surface area contributed by atoms with E-state index >= 15 is 0 Å². The van der Waals surface area contributed by atoms with E-state index in [1.807, 2.05) is 0 Å². The predicted molar refractivity (Wildman–Crippen MR) is 90.0 cm³/mol. The first-order valence-electron chi connectivity index (χ1n) is 7.82. The highest BCUT2D eigenvalue weighted by atomic mass is 32.1. The van der Waals surface area contributed by atoms with Crippen molar-refractivity contribution in [2.75, 3.05) is 14.2 Å². The molecule has 124 valence electrons. The summed E-state index contributed by atoms with van der Waals surface area (Å²) in [6.45, 7) is 2.37. The van der Waals surface area contributed by atoms with Gasteiger partial charge in [-0.05, 0) is 32.4 Å². The zero-order valence-electron chi connectivity index (χ0n) is 13.6. The average molecular weight is 335 g/mol. The molecule has 23 heavy (non-hydrogen) atoms. The van der Waals surface area contributed by atoms with Crippen LogP contribution in [0.4, 0.5) is 0 Å². The zero-order chi connectivity index (χ0) is 16.6. The molecule has 0 spiro atoms. The van der Waals surface area contributed by atoms with Crippen molar-refractivity contribution in [3.05, 3.63) is 26.6 Å². The van der Waals surface area contributed by atoms with Gasteiger partial charge < -0.3 is 9.72 Å². The number of aromatic amines is 1. The van der Waals surface area contributed by atoms with E-state index in [0.29, 0.717) is 39.1 Å². The molecule has 0 aliphatic heterocycles. The Morgan fingerprint density at radius 2 is 2.13 bits per heavy atom. The highest BCUT2D eigenvalue weighted by Gasteiger charge is 2.22. The molecular formula is C16H21N3O3S. The van der Waals surface area contributed by atoms with Crippen LogP contribution >= 0.6 is 11.3 Å². The molecule has 7 heteroatoms. The van der Waals surface area contributed by atoms with Crippen molar-refractivity contribution >= 4 is 27.5 Å². The van der Waals surface area contributed by atoms with Gasteiger partial charge in [-0.15, -0.1) is 11.3 Å². The van der Waals surface area contributed by atoms with Gasteiger partial charge in [-0.1, -0.05) is 12.8 Å². The second kappa shape index (κ2) is 6.41. The number of hydrogen-bond donors (Lipinski definition) is 1. The quantitative estimate of drug-likeness (QED) is 0.869. The maximum Gasteiger partial charge on any atom is 0.348 e. The molecule has 1 aliphatic rings. The lowest BCUT2D eigenvalue weighted by atomic mass is 10.2. The van der Waals surface area contributed by atoms with Gasteiger partial charge in [0, 0.05) is 6.04 Å². The highest BCUT2D eigenvalue weighted by Crippen LogP contribution is 2.28. The standard InChI is InChI=1S/C16H21N3O3S/c1-9-12-14(20)17-11(8-19(2)10-6-4-5-7-10)18-15(12)23-13(9)16(21)22-3/h10H,4-8H2,1-3H3,(H,17,18,20). The first-order chi connectivity index (χ1) is 11.0. The van der Waals surface area contributed by atoms with Gasteiger partial charge in [0.15, 0.2) is 0 Å². The molecule has 0 radical (unpaired) electrons. The number of carbonyl (C=O) groups is 1. The van der Waals surface area contributed by atoms with Crippen molar-refractivity contribution in [1.29, 1.82) is 0 Å². The Hall–Kier alpha value is -1.73. The number of aryl methyl sites for hydroxylation is 1. The molecule has 2 aromatic rings. The predicted octanol–water partition coefficient (Wildman–Crippen LogP) is 2.45. The highest BCUT2D eigenvalue weighted by molar-refractivity contribution is 7.20. The fourth-order valence-electron chi connectivity index (χ4n) is 3.26. The number of carbonyl (C=O) groups excluding carboxylic acids is 1. The van der Waals surface area contributed by atoms with Gasteiger partial charge in [0.25, 0.3) is 5.56 Å². The normalized spacial score (nSPS) is 15.7. The number of nitrogens with zero attached hydrogens (tertiary/aromatic N) is 2. The summed E-state index contributed by atoms with van der Waals surface area (Å²) in [4.78, 5) is 34.9. The molecular weight excluding hydrogens is 314 g/mol. The van der Waals surface area contributed by atoms with Crippen LogP contribution in [0.25, 0.3) is 10.2 Å². The second-order valence-corrected chi connectivity index (χ2v) is 7.09. The van der Waals surface area contributed by atoms with Crippen molar-refractivity contribution in [1.82, 2.24) is 14.9 Å². The lowest BCUT2D eigenvalue weighted by Gasteiger charge is -2.23. The van der Waals surface area contributed by atoms with E-state index in [1.165, 1.54) is 44.1 Å². The number of nitrogens with one attached hydrogen (secondary N) is 1. The minimum atomic E-state index is -0.422. The monoisotopic (exact) mass is 335 g/mol. The molecule has 0 bridgehead atoms. The number of fused-ring (bicyclic) bond motifs is 1. The molecule has 0 atom stereocenters. The van der Waals surface area contributed by atoms with Crippen LogP contribution in [0.5, 0.6) is 0 Å². The Labute approximate surface area is 138 Å². The molecule has 1 aliphatic carbocycles. The van der Waals surface area contributed by atoms with Crippen LogP contribution in [0.1, 0.15) is 46.7 Å². The lowest BCUT2D eigenvalue weighted by molar-refractivity contribution is 0.0605. The van der Waals surface area contributed by atoms with Gasteiger partial charge in [0.2, 0.25) is 0 Å². The van der Waals surface area contributed by atoms with Crippen molar-refractivity contribution in [2.24, 2.45) is 0 Å². The maximum absolute atomic E-state index is 12.4. The molecule has 1 N–H and O–H groups in total. The molecule has 2 aromatic heterocycles. The summed E-state index contributed by atoms with van der Waals surface area (Å²) < 4.78 is 4.77. The number of methoxy groups -OCH3 is 1. The Balaban J connectivity index is 1.94. The topological polar surface area (TPSA) is 75.3 Å². The third-order valence-corrected chi connectivity index (χ3v) is 5.73. The van der Waals surface area contributed by atoms with E-state index < -0.39 is 5.97 Å². The van der Waals surface area contributed by atoms with Crippen LogP contribution in [0, 0.1) is 6.92 Å². The molecule has 6 nitrogen and oxygen atoms in total. The molecule has 0 aromatic carbocycles. The van der Waals surface area contributed by atoms with E-state index in [2.05, 4.69) is 21.9 Å². The van der Waals surface area contributed by atoms with Gasteiger partial charge in [-0.2, -0.15) is 0 Å². The third kappa shape index (κ3) is 3.03. The number of ether oxygens (including phenoxy) is 1. The summed E-state index contributed by atoms with van der Waals surface area (Å²) in [6.07, 6.45) is 4.94. The Bertz CT molecular complexity index is 790. The van der Waals surface area contributed by atoms with Crippen LogP contribution in [-0.2, 0) is 11.3 Å².